The summed E-state index contributed by atoms with van der Waals surface area (Å²) in [6, 6.07) is 0. The van der Waals surface area contributed by atoms with Gasteiger partial charge in [-0.2, -0.15) is 0 Å². The molecule has 0 aliphatic heterocycles. The molecule has 0 aliphatic rings. The molecule has 0 heterocycles. The van der Waals surface area contributed by atoms with Crippen molar-refractivity contribution < 1.29 is 0 Å². The first kappa shape index (κ1) is 19.0. The summed E-state index contributed by atoms with van der Waals surface area (Å²) in [7, 11) is 0. The lowest BCUT2D eigenvalue weighted by atomic mass is 9.85. The first-order chi connectivity index (χ1) is 8.32. The van der Waals surface area contributed by atoms with E-state index in [0.29, 0.717) is 11.8 Å². The summed E-state index contributed by atoms with van der Waals surface area (Å²) in [5.74, 6) is 0.962. The quantitative estimate of drug-likeness (QED) is 0.406. The SMILES string of the molecule is C=C.C=C(C)/C(C(=C)C(C)C)=C(\C=C/C)C(C)C. The lowest BCUT2D eigenvalue weighted by molar-refractivity contribution is 0.749. The van der Waals surface area contributed by atoms with E-state index < -0.39 is 0 Å². The van der Waals surface area contributed by atoms with Crippen LogP contribution >= 0.6 is 0 Å². The van der Waals surface area contributed by atoms with Gasteiger partial charge in [0, 0.05) is 0 Å². The predicted octanol–water partition coefficient (Wildman–Crippen LogP) is 6.11. The van der Waals surface area contributed by atoms with E-state index in [9.17, 15) is 0 Å². The van der Waals surface area contributed by atoms with E-state index in [0.717, 1.165) is 5.57 Å². The molecule has 0 saturated carbocycles. The highest BCUT2D eigenvalue weighted by Gasteiger charge is 2.14. The monoisotopic (exact) mass is 246 g/mol. The Labute approximate surface area is 115 Å². The molecule has 0 aromatic carbocycles. The Morgan fingerprint density at radius 2 is 1.39 bits per heavy atom. The Morgan fingerprint density at radius 3 is 1.61 bits per heavy atom. The number of hydrogen-bond donors (Lipinski definition) is 0. The van der Waals surface area contributed by atoms with Gasteiger partial charge in [0.25, 0.3) is 0 Å². The highest BCUT2D eigenvalue weighted by atomic mass is 14.2. The molecular formula is C18H30. The molecule has 0 unspecified atom stereocenters. The molecule has 0 aromatic heterocycles. The van der Waals surface area contributed by atoms with Gasteiger partial charge in [-0.25, -0.2) is 0 Å². The number of rotatable bonds is 5. The molecule has 0 spiro atoms. The van der Waals surface area contributed by atoms with Crippen molar-refractivity contribution in [2.75, 3.05) is 0 Å². The molecule has 102 valence electrons. The minimum absolute atomic E-state index is 0.464. The van der Waals surface area contributed by atoms with E-state index in [1.54, 1.807) is 0 Å². The van der Waals surface area contributed by atoms with Crippen LogP contribution in [0.4, 0.5) is 0 Å². The highest BCUT2D eigenvalue weighted by molar-refractivity contribution is 5.51. The number of hydrogen-bond acceptors (Lipinski definition) is 0. The third-order valence-corrected chi connectivity index (χ3v) is 2.70. The largest absolute Gasteiger partial charge is 0.106 e. The summed E-state index contributed by atoms with van der Waals surface area (Å²) in [5, 5.41) is 0. The van der Waals surface area contributed by atoms with Crippen LogP contribution < -0.4 is 0 Å². The second-order valence-electron chi connectivity index (χ2n) is 4.95. The van der Waals surface area contributed by atoms with E-state index in [4.69, 9.17) is 0 Å². The van der Waals surface area contributed by atoms with E-state index >= 15 is 0 Å². The van der Waals surface area contributed by atoms with Gasteiger partial charge in [0.2, 0.25) is 0 Å². The van der Waals surface area contributed by atoms with Crippen LogP contribution in [0.15, 0.2) is 60.8 Å². The maximum Gasteiger partial charge on any atom is -0.0170 e. The van der Waals surface area contributed by atoms with E-state index in [-0.39, 0.29) is 0 Å². The average molecular weight is 246 g/mol. The summed E-state index contributed by atoms with van der Waals surface area (Å²) >= 11 is 0. The van der Waals surface area contributed by atoms with Crippen LogP contribution in [0.3, 0.4) is 0 Å². The fraction of sp³-hybridized carbons (Fsp3) is 0.444. The van der Waals surface area contributed by atoms with Crippen LogP contribution in [0.2, 0.25) is 0 Å². The molecule has 0 N–H and O–H groups in total. The second-order valence-corrected chi connectivity index (χ2v) is 4.95. The van der Waals surface area contributed by atoms with Crippen molar-refractivity contribution in [1.82, 2.24) is 0 Å². The molecule has 0 bridgehead atoms. The van der Waals surface area contributed by atoms with E-state index in [2.05, 4.69) is 80.0 Å². The van der Waals surface area contributed by atoms with Gasteiger partial charge < -0.3 is 0 Å². The topological polar surface area (TPSA) is 0 Å². The molecular weight excluding hydrogens is 216 g/mol. The molecule has 0 heteroatoms. The fourth-order valence-electron chi connectivity index (χ4n) is 1.74. The Hall–Kier alpha value is -1.30. The second kappa shape index (κ2) is 9.70. The summed E-state index contributed by atoms with van der Waals surface area (Å²) in [6.07, 6.45) is 4.27. The van der Waals surface area contributed by atoms with Crippen molar-refractivity contribution >= 4 is 0 Å². The molecule has 18 heavy (non-hydrogen) atoms. The zero-order chi connectivity index (χ0) is 14.9. The Bertz CT molecular complexity index is 335. The van der Waals surface area contributed by atoms with Crippen LogP contribution in [0.25, 0.3) is 0 Å². The van der Waals surface area contributed by atoms with Gasteiger partial charge in [0.05, 0.1) is 0 Å². The lowest BCUT2D eigenvalue weighted by Gasteiger charge is -2.20. The molecule has 0 nitrogen and oxygen atoms in total. The zero-order valence-electron chi connectivity index (χ0n) is 13.1. The van der Waals surface area contributed by atoms with Crippen molar-refractivity contribution in [1.29, 1.82) is 0 Å². The molecule has 0 amide bonds. The molecule has 0 rings (SSSR count). The van der Waals surface area contributed by atoms with Crippen molar-refractivity contribution in [2.24, 2.45) is 11.8 Å². The van der Waals surface area contributed by atoms with E-state index in [1.165, 1.54) is 16.7 Å². The van der Waals surface area contributed by atoms with Crippen molar-refractivity contribution in [3.63, 3.8) is 0 Å². The highest BCUT2D eigenvalue weighted by Crippen LogP contribution is 2.30. The number of allylic oxidation sites excluding steroid dienone is 6. The van der Waals surface area contributed by atoms with Crippen molar-refractivity contribution in [2.45, 2.75) is 41.5 Å². The maximum absolute atomic E-state index is 4.21. The first-order valence-electron chi connectivity index (χ1n) is 6.54. The van der Waals surface area contributed by atoms with Crippen LogP contribution in [0, 0.1) is 11.8 Å². The molecule has 0 aromatic rings. The molecule has 0 atom stereocenters. The molecule has 0 radical (unpaired) electrons. The summed E-state index contributed by atoms with van der Waals surface area (Å²) in [6.45, 7) is 27.2. The van der Waals surface area contributed by atoms with E-state index in [1.807, 2.05) is 0 Å². The molecule has 0 saturated heterocycles. The minimum Gasteiger partial charge on any atom is -0.106 e. The smallest absolute Gasteiger partial charge is 0.0170 e. The van der Waals surface area contributed by atoms with Crippen LogP contribution in [0.5, 0.6) is 0 Å². The predicted molar refractivity (Wildman–Crippen MR) is 86.7 cm³/mol. The Balaban J connectivity index is 0. The van der Waals surface area contributed by atoms with Crippen molar-refractivity contribution in [3.05, 3.63) is 60.8 Å². The molecule has 0 fully saturated rings. The van der Waals surface area contributed by atoms with Gasteiger partial charge in [-0.1, -0.05) is 58.6 Å². The third kappa shape index (κ3) is 5.86. The fourth-order valence-corrected chi connectivity index (χ4v) is 1.74. The van der Waals surface area contributed by atoms with Gasteiger partial charge in [-0.3, -0.25) is 0 Å². The van der Waals surface area contributed by atoms with Gasteiger partial charge in [0.15, 0.2) is 0 Å². The van der Waals surface area contributed by atoms with Gasteiger partial charge in [-0.15, -0.1) is 13.2 Å². The standard InChI is InChI=1S/C16H26.C2H4/c1-9-10-15(12(4)5)16(13(6)7)14(8)11(2)3;1-2/h9-12H,6,8H2,1-5,7H3;1-2H2/b10-9-,16-15-;. The van der Waals surface area contributed by atoms with Crippen LogP contribution in [-0.4, -0.2) is 0 Å². The van der Waals surface area contributed by atoms with Crippen LogP contribution in [-0.2, 0) is 0 Å². The van der Waals surface area contributed by atoms with Gasteiger partial charge in [0.1, 0.15) is 0 Å². The van der Waals surface area contributed by atoms with Gasteiger partial charge in [-0.05, 0) is 42.4 Å². The lowest BCUT2D eigenvalue weighted by Crippen LogP contribution is -2.05. The zero-order valence-corrected chi connectivity index (χ0v) is 13.1. The first-order valence-corrected chi connectivity index (χ1v) is 6.54. The maximum atomic E-state index is 4.21. The Morgan fingerprint density at radius 1 is 0.944 bits per heavy atom. The average Bonchev–Trinajstić information content (AvgIpc) is 2.30. The Kier molecular flexibility index (Phi) is 10.3. The minimum atomic E-state index is 0.464. The summed E-state index contributed by atoms with van der Waals surface area (Å²) in [4.78, 5) is 0. The van der Waals surface area contributed by atoms with Gasteiger partial charge >= 0.3 is 0 Å². The normalized spacial score (nSPS) is 12.2. The van der Waals surface area contributed by atoms with Crippen molar-refractivity contribution in [3.8, 4) is 0 Å². The molecule has 0 aliphatic carbocycles. The third-order valence-electron chi connectivity index (χ3n) is 2.70. The summed E-state index contributed by atoms with van der Waals surface area (Å²) < 4.78 is 0. The summed E-state index contributed by atoms with van der Waals surface area (Å²) in [5.41, 5.74) is 4.90. The van der Waals surface area contributed by atoms with Crippen LogP contribution in [0.1, 0.15) is 41.5 Å².